The number of hydrogen-bond donors (Lipinski definition) is 1. The van der Waals surface area contributed by atoms with Crippen molar-refractivity contribution >= 4 is 28.3 Å². The summed E-state index contributed by atoms with van der Waals surface area (Å²) in [4.78, 5) is 27.5. The number of hydrogen-bond acceptors (Lipinski definition) is 6. The van der Waals surface area contributed by atoms with Gasteiger partial charge in [-0.2, -0.15) is 0 Å². The number of aromatic nitrogens is 1. The summed E-state index contributed by atoms with van der Waals surface area (Å²) in [5.74, 6) is 0.393. The summed E-state index contributed by atoms with van der Waals surface area (Å²) in [5, 5.41) is 4.52. The summed E-state index contributed by atoms with van der Waals surface area (Å²) in [7, 11) is 0. The van der Waals surface area contributed by atoms with Gasteiger partial charge < -0.3 is 9.15 Å². The molecule has 0 atom stereocenters. The van der Waals surface area contributed by atoms with Crippen molar-refractivity contribution in [2.24, 2.45) is 0 Å². The third kappa shape index (κ3) is 3.05. The minimum Gasteiger partial charge on any atom is -0.466 e. The molecular formula is C13H14N2O4S. The van der Waals surface area contributed by atoms with Crippen molar-refractivity contribution < 1.29 is 18.7 Å². The second kappa shape index (κ2) is 5.87. The molecule has 0 aliphatic carbocycles. The number of thiazole rings is 1. The fraction of sp³-hybridized carbons (Fsp3) is 0.308. The second-order valence-corrected chi connectivity index (χ2v) is 4.90. The van der Waals surface area contributed by atoms with E-state index in [0.717, 1.165) is 11.3 Å². The number of carbonyl (C=O) groups excluding carboxylic acids is 2. The lowest BCUT2D eigenvalue weighted by molar-refractivity contribution is 0.0520. The van der Waals surface area contributed by atoms with Gasteiger partial charge in [0.1, 0.15) is 11.5 Å². The Hall–Kier alpha value is -2.15. The molecule has 2 heterocycles. The first-order valence-corrected chi connectivity index (χ1v) is 6.90. The lowest BCUT2D eigenvalue weighted by Crippen LogP contribution is -2.12. The van der Waals surface area contributed by atoms with E-state index in [1.807, 2.05) is 0 Å². The fourth-order valence-electron chi connectivity index (χ4n) is 1.65. The van der Waals surface area contributed by atoms with Crippen LogP contribution in [0.3, 0.4) is 0 Å². The number of aryl methyl sites for hydroxylation is 2. The monoisotopic (exact) mass is 294 g/mol. The summed E-state index contributed by atoms with van der Waals surface area (Å²) in [6, 6.07) is 1.66. The lowest BCUT2D eigenvalue weighted by Gasteiger charge is -1.99. The van der Waals surface area contributed by atoms with Crippen LogP contribution in [0.15, 0.2) is 15.9 Å². The first-order valence-electron chi connectivity index (χ1n) is 6.02. The smallest absolute Gasteiger partial charge is 0.357 e. The highest BCUT2D eigenvalue weighted by atomic mass is 32.1. The molecule has 2 aromatic rings. The van der Waals surface area contributed by atoms with Crippen molar-refractivity contribution in [3.8, 4) is 0 Å². The van der Waals surface area contributed by atoms with E-state index in [1.165, 1.54) is 0 Å². The third-order valence-corrected chi connectivity index (χ3v) is 3.25. The number of rotatable bonds is 4. The number of anilines is 1. The maximum atomic E-state index is 12.0. The van der Waals surface area contributed by atoms with Gasteiger partial charge in [-0.3, -0.25) is 10.1 Å². The number of amides is 1. The van der Waals surface area contributed by atoms with E-state index in [1.54, 1.807) is 32.2 Å². The van der Waals surface area contributed by atoms with E-state index in [0.29, 0.717) is 22.2 Å². The van der Waals surface area contributed by atoms with Gasteiger partial charge in [-0.25, -0.2) is 9.78 Å². The van der Waals surface area contributed by atoms with Gasteiger partial charge in [-0.15, -0.1) is 11.3 Å². The summed E-state index contributed by atoms with van der Waals surface area (Å²) in [6.07, 6.45) is 0. The number of esters is 1. The molecule has 6 nitrogen and oxygen atoms in total. The zero-order chi connectivity index (χ0) is 14.7. The molecule has 0 unspecified atom stereocenters. The number of furan rings is 1. The highest BCUT2D eigenvalue weighted by Crippen LogP contribution is 2.19. The Balaban J connectivity index is 2.09. The van der Waals surface area contributed by atoms with Crippen molar-refractivity contribution in [3.63, 3.8) is 0 Å². The van der Waals surface area contributed by atoms with Gasteiger partial charge in [0.15, 0.2) is 10.8 Å². The molecule has 0 fully saturated rings. The summed E-state index contributed by atoms with van der Waals surface area (Å²) < 4.78 is 10.1. The molecule has 0 spiro atoms. The molecule has 0 saturated carbocycles. The molecule has 2 rings (SSSR count). The molecule has 20 heavy (non-hydrogen) atoms. The van der Waals surface area contributed by atoms with Crippen LogP contribution in [0.1, 0.15) is 39.3 Å². The highest BCUT2D eigenvalue weighted by Gasteiger charge is 2.17. The molecule has 0 aliphatic rings. The molecule has 0 saturated heterocycles. The van der Waals surface area contributed by atoms with Crippen LogP contribution >= 0.6 is 11.3 Å². The molecule has 2 aromatic heterocycles. The zero-order valence-corrected chi connectivity index (χ0v) is 12.2. The number of nitrogens with one attached hydrogen (secondary N) is 1. The lowest BCUT2D eigenvalue weighted by atomic mass is 10.2. The molecule has 0 radical (unpaired) electrons. The first kappa shape index (κ1) is 14.3. The summed E-state index contributed by atoms with van der Waals surface area (Å²) in [5.41, 5.74) is 0.641. The van der Waals surface area contributed by atoms with E-state index in [2.05, 4.69) is 10.3 Å². The standard InChI is InChI=1S/C13H14N2O4S/c1-4-18-12(17)10-6-20-13(14-10)15-11(16)9-5-7(2)19-8(9)3/h5-6H,4H2,1-3H3,(H,14,15,16). The van der Waals surface area contributed by atoms with Crippen LogP contribution in [0.25, 0.3) is 0 Å². The maximum absolute atomic E-state index is 12.0. The minimum absolute atomic E-state index is 0.187. The molecular weight excluding hydrogens is 280 g/mol. The van der Waals surface area contributed by atoms with Gasteiger partial charge in [0.05, 0.1) is 12.2 Å². The maximum Gasteiger partial charge on any atom is 0.357 e. The van der Waals surface area contributed by atoms with Gasteiger partial charge >= 0.3 is 5.97 Å². The highest BCUT2D eigenvalue weighted by molar-refractivity contribution is 7.14. The normalized spacial score (nSPS) is 10.3. The second-order valence-electron chi connectivity index (χ2n) is 4.04. The predicted molar refractivity (Wildman–Crippen MR) is 74.2 cm³/mol. The molecule has 0 bridgehead atoms. The van der Waals surface area contributed by atoms with Crippen LogP contribution in [0.4, 0.5) is 5.13 Å². The summed E-state index contributed by atoms with van der Waals surface area (Å²) in [6.45, 7) is 5.49. The van der Waals surface area contributed by atoms with E-state index >= 15 is 0 Å². The van der Waals surface area contributed by atoms with Gasteiger partial charge in [0.25, 0.3) is 5.91 Å². The molecule has 7 heteroatoms. The fourth-order valence-corrected chi connectivity index (χ4v) is 2.33. The van der Waals surface area contributed by atoms with Gasteiger partial charge in [-0.05, 0) is 26.8 Å². The average Bonchev–Trinajstić information content (AvgIpc) is 2.96. The Labute approximate surface area is 119 Å². The van der Waals surface area contributed by atoms with Crippen molar-refractivity contribution in [1.82, 2.24) is 4.98 Å². The van der Waals surface area contributed by atoms with Crippen LogP contribution in [-0.2, 0) is 4.74 Å². The van der Waals surface area contributed by atoms with E-state index in [-0.39, 0.29) is 18.2 Å². The molecule has 1 N–H and O–H groups in total. The van der Waals surface area contributed by atoms with Crippen molar-refractivity contribution in [2.45, 2.75) is 20.8 Å². The van der Waals surface area contributed by atoms with Crippen LogP contribution in [0, 0.1) is 13.8 Å². The predicted octanol–water partition coefficient (Wildman–Crippen LogP) is 2.78. The first-order chi connectivity index (χ1) is 9.51. The quantitative estimate of drug-likeness (QED) is 0.877. The minimum atomic E-state index is -0.500. The van der Waals surface area contributed by atoms with Crippen molar-refractivity contribution in [3.05, 3.63) is 34.2 Å². The number of carbonyl (C=O) groups is 2. The molecule has 0 aromatic carbocycles. The Morgan fingerprint density at radius 3 is 2.80 bits per heavy atom. The summed E-state index contributed by atoms with van der Waals surface area (Å²) >= 11 is 1.16. The van der Waals surface area contributed by atoms with E-state index in [4.69, 9.17) is 9.15 Å². The Morgan fingerprint density at radius 2 is 2.20 bits per heavy atom. The Morgan fingerprint density at radius 1 is 1.45 bits per heavy atom. The van der Waals surface area contributed by atoms with Gasteiger partial charge in [0, 0.05) is 5.38 Å². The van der Waals surface area contributed by atoms with Gasteiger partial charge in [0.2, 0.25) is 0 Å². The number of nitrogens with zero attached hydrogens (tertiary/aromatic N) is 1. The van der Waals surface area contributed by atoms with Crippen LogP contribution in [0.2, 0.25) is 0 Å². The third-order valence-electron chi connectivity index (χ3n) is 2.49. The zero-order valence-electron chi connectivity index (χ0n) is 11.4. The van der Waals surface area contributed by atoms with Gasteiger partial charge in [-0.1, -0.05) is 0 Å². The Bertz CT molecular complexity index is 645. The van der Waals surface area contributed by atoms with Crippen LogP contribution in [0.5, 0.6) is 0 Å². The average molecular weight is 294 g/mol. The number of ether oxygens (including phenoxy) is 1. The Kier molecular flexibility index (Phi) is 4.19. The molecule has 0 aliphatic heterocycles. The SMILES string of the molecule is CCOC(=O)c1csc(NC(=O)c2cc(C)oc2C)n1. The van der Waals surface area contributed by atoms with Crippen LogP contribution < -0.4 is 5.32 Å². The van der Waals surface area contributed by atoms with E-state index < -0.39 is 5.97 Å². The molecule has 1 amide bonds. The topological polar surface area (TPSA) is 81.4 Å². The largest absolute Gasteiger partial charge is 0.466 e. The van der Waals surface area contributed by atoms with Crippen molar-refractivity contribution in [2.75, 3.05) is 11.9 Å². The molecule has 106 valence electrons. The van der Waals surface area contributed by atoms with E-state index in [9.17, 15) is 9.59 Å². The van der Waals surface area contributed by atoms with Crippen molar-refractivity contribution in [1.29, 1.82) is 0 Å². The van der Waals surface area contributed by atoms with Crippen LogP contribution in [-0.4, -0.2) is 23.5 Å².